The fourth-order valence-corrected chi connectivity index (χ4v) is 4.98. The zero-order chi connectivity index (χ0) is 26.8. The SMILES string of the molecule is CC1(Oc2ncnc3c2nc(-c2ccc(OCCN4CCCNCC4=O)cc2Cl)n3Cc2ccccc2)CC1. The van der Waals surface area contributed by atoms with Gasteiger partial charge >= 0.3 is 0 Å². The van der Waals surface area contributed by atoms with Crippen molar-refractivity contribution in [3.63, 3.8) is 0 Å². The predicted molar refractivity (Wildman–Crippen MR) is 149 cm³/mol. The second-order valence-corrected chi connectivity index (χ2v) is 10.7. The van der Waals surface area contributed by atoms with Gasteiger partial charge in [0.2, 0.25) is 11.8 Å². The van der Waals surface area contributed by atoms with Crippen LogP contribution in [-0.4, -0.2) is 68.7 Å². The Morgan fingerprint density at radius 3 is 2.77 bits per heavy atom. The number of carbonyl (C=O) groups is 1. The van der Waals surface area contributed by atoms with Gasteiger partial charge in [-0.1, -0.05) is 41.9 Å². The summed E-state index contributed by atoms with van der Waals surface area (Å²) in [4.78, 5) is 28.0. The summed E-state index contributed by atoms with van der Waals surface area (Å²) >= 11 is 6.82. The van der Waals surface area contributed by atoms with Crippen molar-refractivity contribution in [3.8, 4) is 23.0 Å². The average Bonchev–Trinajstić information content (AvgIpc) is 3.61. The van der Waals surface area contributed by atoms with E-state index in [1.807, 2.05) is 35.2 Å². The lowest BCUT2D eigenvalue weighted by Gasteiger charge is -2.20. The first kappa shape index (κ1) is 25.6. The highest BCUT2D eigenvalue weighted by atomic mass is 35.5. The Kier molecular flexibility index (Phi) is 7.10. The van der Waals surface area contributed by atoms with Crippen LogP contribution in [-0.2, 0) is 11.3 Å². The normalized spacial score (nSPS) is 16.8. The van der Waals surface area contributed by atoms with Gasteiger partial charge in [-0.15, -0.1) is 0 Å². The van der Waals surface area contributed by atoms with Crippen molar-refractivity contribution in [1.29, 1.82) is 0 Å². The standard InChI is InChI=1S/C29H31ClN6O3/c1-29(10-11-29)39-28-25-27(32-19-33-28)36(18-20-6-3-2-4-7-20)26(34-25)22-9-8-21(16-23(22)30)38-15-14-35-13-5-12-31-17-24(35)37/h2-4,6-9,16,19,31H,5,10-15,17-18H2,1H3. The quantitative estimate of drug-likeness (QED) is 0.334. The molecule has 2 aliphatic rings. The minimum Gasteiger partial charge on any atom is -0.492 e. The molecule has 4 aromatic rings. The highest BCUT2D eigenvalue weighted by Crippen LogP contribution is 2.41. The number of imidazole rings is 1. The van der Waals surface area contributed by atoms with Crippen molar-refractivity contribution in [3.05, 3.63) is 65.4 Å². The number of fused-ring (bicyclic) bond motifs is 1. The Balaban J connectivity index is 1.29. The molecule has 0 radical (unpaired) electrons. The van der Waals surface area contributed by atoms with Crippen LogP contribution < -0.4 is 14.8 Å². The van der Waals surface area contributed by atoms with E-state index in [4.69, 9.17) is 26.1 Å². The van der Waals surface area contributed by atoms with Crippen molar-refractivity contribution >= 4 is 28.7 Å². The molecule has 1 amide bonds. The van der Waals surface area contributed by atoms with Crippen molar-refractivity contribution in [1.82, 2.24) is 29.7 Å². The summed E-state index contributed by atoms with van der Waals surface area (Å²) in [6.45, 7) is 5.54. The molecule has 1 N–H and O–H groups in total. The third-order valence-electron chi connectivity index (χ3n) is 7.20. The highest BCUT2D eigenvalue weighted by Gasteiger charge is 2.41. The number of aromatic nitrogens is 4. The third-order valence-corrected chi connectivity index (χ3v) is 7.51. The second-order valence-electron chi connectivity index (χ2n) is 10.3. The van der Waals surface area contributed by atoms with Crippen LogP contribution in [0.3, 0.4) is 0 Å². The lowest BCUT2D eigenvalue weighted by atomic mass is 10.2. The molecule has 39 heavy (non-hydrogen) atoms. The van der Waals surface area contributed by atoms with Gasteiger partial charge in [0, 0.05) is 12.1 Å². The minimum atomic E-state index is -0.199. The van der Waals surface area contributed by atoms with Crippen LogP contribution in [0.1, 0.15) is 31.7 Å². The van der Waals surface area contributed by atoms with Crippen LogP contribution in [0.4, 0.5) is 0 Å². The van der Waals surface area contributed by atoms with Gasteiger partial charge in [0.25, 0.3) is 0 Å². The summed E-state index contributed by atoms with van der Waals surface area (Å²) in [7, 11) is 0. The molecule has 1 aliphatic heterocycles. The van der Waals surface area contributed by atoms with Gasteiger partial charge in [-0.2, -0.15) is 4.98 Å². The monoisotopic (exact) mass is 546 g/mol. The number of hydrogen-bond donors (Lipinski definition) is 1. The molecule has 0 atom stereocenters. The van der Waals surface area contributed by atoms with Gasteiger partial charge in [-0.05, 0) is 56.5 Å². The van der Waals surface area contributed by atoms with Crippen LogP contribution in [0.25, 0.3) is 22.6 Å². The molecule has 2 fully saturated rings. The van der Waals surface area contributed by atoms with Crippen LogP contribution in [0.2, 0.25) is 5.02 Å². The summed E-state index contributed by atoms with van der Waals surface area (Å²) in [5.41, 5.74) is 2.98. The molecule has 1 saturated heterocycles. The molecule has 1 saturated carbocycles. The molecule has 1 aliphatic carbocycles. The Labute approximate surface area is 232 Å². The number of benzene rings is 2. The number of hydrogen-bond acceptors (Lipinski definition) is 7. The van der Waals surface area contributed by atoms with E-state index in [1.54, 1.807) is 6.07 Å². The average molecular weight is 547 g/mol. The fourth-order valence-electron chi connectivity index (χ4n) is 4.73. The van der Waals surface area contributed by atoms with Crippen LogP contribution in [0.15, 0.2) is 54.9 Å². The predicted octanol–water partition coefficient (Wildman–Crippen LogP) is 4.33. The lowest BCUT2D eigenvalue weighted by molar-refractivity contribution is -0.129. The van der Waals surface area contributed by atoms with E-state index in [0.717, 1.165) is 43.5 Å². The Hall–Kier alpha value is -3.69. The van der Waals surface area contributed by atoms with Crippen molar-refractivity contribution in [2.24, 2.45) is 0 Å². The number of nitrogens with one attached hydrogen (secondary N) is 1. The third kappa shape index (κ3) is 5.69. The van der Waals surface area contributed by atoms with E-state index >= 15 is 0 Å². The first-order valence-corrected chi connectivity index (χ1v) is 13.7. The van der Waals surface area contributed by atoms with Crippen molar-refractivity contribution in [2.45, 2.75) is 38.3 Å². The Morgan fingerprint density at radius 1 is 1.13 bits per heavy atom. The van der Waals surface area contributed by atoms with Gasteiger partial charge in [-0.25, -0.2) is 9.97 Å². The highest BCUT2D eigenvalue weighted by molar-refractivity contribution is 6.33. The summed E-state index contributed by atoms with van der Waals surface area (Å²) in [6, 6.07) is 15.8. The molecule has 2 aromatic carbocycles. The van der Waals surface area contributed by atoms with E-state index in [2.05, 4.69) is 38.9 Å². The minimum absolute atomic E-state index is 0.101. The van der Waals surface area contributed by atoms with Crippen molar-refractivity contribution in [2.75, 3.05) is 32.8 Å². The van der Waals surface area contributed by atoms with Gasteiger partial charge in [0.05, 0.1) is 24.7 Å². The topological polar surface area (TPSA) is 94.4 Å². The molecule has 0 bridgehead atoms. The van der Waals surface area contributed by atoms with E-state index < -0.39 is 0 Å². The van der Waals surface area contributed by atoms with Crippen LogP contribution in [0.5, 0.6) is 11.6 Å². The summed E-state index contributed by atoms with van der Waals surface area (Å²) in [5, 5.41) is 3.65. The Morgan fingerprint density at radius 2 is 1.97 bits per heavy atom. The molecular weight excluding hydrogens is 516 g/mol. The molecule has 0 unspecified atom stereocenters. The smallest absolute Gasteiger partial charge is 0.245 e. The first-order valence-electron chi connectivity index (χ1n) is 13.3. The molecule has 10 heteroatoms. The second kappa shape index (κ2) is 10.8. The molecule has 3 heterocycles. The van der Waals surface area contributed by atoms with E-state index in [9.17, 15) is 4.79 Å². The van der Waals surface area contributed by atoms with Gasteiger partial charge in [0.15, 0.2) is 11.2 Å². The van der Waals surface area contributed by atoms with Crippen LogP contribution in [0, 0.1) is 0 Å². The van der Waals surface area contributed by atoms with Gasteiger partial charge in [-0.3, -0.25) is 4.79 Å². The molecule has 0 spiro atoms. The number of carbonyl (C=O) groups excluding carboxylic acids is 1. The fraction of sp³-hybridized carbons (Fsp3) is 0.379. The lowest BCUT2D eigenvalue weighted by Crippen LogP contribution is -2.37. The summed E-state index contributed by atoms with van der Waals surface area (Å²) in [5.74, 6) is 1.91. The van der Waals surface area contributed by atoms with E-state index in [0.29, 0.717) is 59.9 Å². The molecular formula is C29H31ClN6O3. The largest absolute Gasteiger partial charge is 0.492 e. The van der Waals surface area contributed by atoms with Crippen LogP contribution >= 0.6 is 11.6 Å². The number of ether oxygens (including phenoxy) is 2. The molecule has 202 valence electrons. The summed E-state index contributed by atoms with van der Waals surface area (Å²) in [6.07, 6.45) is 4.45. The maximum atomic E-state index is 12.2. The Bertz CT molecular complexity index is 1490. The zero-order valence-corrected chi connectivity index (χ0v) is 22.7. The maximum absolute atomic E-state index is 12.2. The number of rotatable bonds is 9. The summed E-state index contributed by atoms with van der Waals surface area (Å²) < 4.78 is 14.2. The number of halogens is 1. The zero-order valence-electron chi connectivity index (χ0n) is 21.9. The first-order chi connectivity index (χ1) is 19.0. The number of amides is 1. The number of nitrogens with zero attached hydrogens (tertiary/aromatic N) is 5. The van der Waals surface area contributed by atoms with E-state index in [1.165, 1.54) is 6.33 Å². The molecule has 2 aromatic heterocycles. The van der Waals surface area contributed by atoms with E-state index in [-0.39, 0.29) is 11.5 Å². The maximum Gasteiger partial charge on any atom is 0.245 e. The van der Waals surface area contributed by atoms with Gasteiger partial charge < -0.3 is 24.3 Å². The molecule has 6 rings (SSSR count). The molecule has 9 nitrogen and oxygen atoms in total. The van der Waals surface area contributed by atoms with Gasteiger partial charge in [0.1, 0.15) is 30.1 Å². The van der Waals surface area contributed by atoms with Crippen molar-refractivity contribution < 1.29 is 14.3 Å².